The van der Waals surface area contributed by atoms with Gasteiger partial charge in [-0.25, -0.2) is 0 Å². The quantitative estimate of drug-likeness (QED) is 0.823. The zero-order chi connectivity index (χ0) is 13.0. The monoisotopic (exact) mass is 250 g/mol. The highest BCUT2D eigenvalue weighted by Gasteiger charge is 2.13. The molecule has 5 nitrogen and oxygen atoms in total. The topological polar surface area (TPSA) is 73.6 Å². The summed E-state index contributed by atoms with van der Waals surface area (Å²) >= 11 is 0. The summed E-state index contributed by atoms with van der Waals surface area (Å²) in [5.41, 5.74) is 6.42. The Hall–Kier alpha value is -1.75. The average Bonchev–Trinajstić information content (AvgIpc) is 2.43. The number of nitrogens with one attached hydrogen (secondary N) is 1. The second-order valence-corrected chi connectivity index (χ2v) is 4.33. The van der Waals surface area contributed by atoms with Gasteiger partial charge in [-0.1, -0.05) is 13.0 Å². The van der Waals surface area contributed by atoms with Crippen LogP contribution in [0.2, 0.25) is 0 Å². The number of ether oxygens (including phenoxy) is 2. The molecule has 1 unspecified atom stereocenters. The molecule has 1 heterocycles. The van der Waals surface area contributed by atoms with Crippen LogP contribution < -0.4 is 20.5 Å². The average molecular weight is 250 g/mol. The van der Waals surface area contributed by atoms with Crippen molar-refractivity contribution in [3.05, 3.63) is 23.8 Å². The number of carbonyl (C=O) groups excluding carboxylic acids is 1. The van der Waals surface area contributed by atoms with Gasteiger partial charge in [-0.15, -0.1) is 0 Å². The molecule has 0 aliphatic carbocycles. The first kappa shape index (κ1) is 12.7. The molecule has 5 heteroatoms. The summed E-state index contributed by atoms with van der Waals surface area (Å²) in [7, 11) is 0. The van der Waals surface area contributed by atoms with Crippen molar-refractivity contribution >= 4 is 5.91 Å². The van der Waals surface area contributed by atoms with Gasteiger partial charge >= 0.3 is 0 Å². The van der Waals surface area contributed by atoms with Crippen LogP contribution in [0.15, 0.2) is 18.2 Å². The van der Waals surface area contributed by atoms with Gasteiger partial charge in [-0.3, -0.25) is 4.79 Å². The van der Waals surface area contributed by atoms with Crippen LogP contribution in [0.5, 0.6) is 11.5 Å². The largest absolute Gasteiger partial charge is 0.486 e. The lowest BCUT2D eigenvalue weighted by Gasteiger charge is -2.19. The molecular formula is C13H18N2O3. The zero-order valence-electron chi connectivity index (χ0n) is 10.4. The number of carbonyl (C=O) groups is 1. The van der Waals surface area contributed by atoms with Crippen LogP contribution in [0.4, 0.5) is 0 Å². The Morgan fingerprint density at radius 3 is 2.83 bits per heavy atom. The minimum absolute atomic E-state index is 0.0348. The Balaban J connectivity index is 1.96. The van der Waals surface area contributed by atoms with Crippen LogP contribution in [-0.4, -0.2) is 25.7 Å². The fourth-order valence-electron chi connectivity index (χ4n) is 1.67. The van der Waals surface area contributed by atoms with Crippen molar-refractivity contribution in [3.63, 3.8) is 0 Å². The molecule has 1 aromatic carbocycles. The molecule has 2 rings (SSSR count). The lowest BCUT2D eigenvalue weighted by atomic mass is 10.1. The lowest BCUT2D eigenvalue weighted by molar-refractivity contribution is -0.124. The molecule has 0 radical (unpaired) electrons. The van der Waals surface area contributed by atoms with Gasteiger partial charge in [0.25, 0.3) is 0 Å². The molecule has 0 bridgehead atoms. The minimum Gasteiger partial charge on any atom is -0.486 e. The third-order valence-corrected chi connectivity index (χ3v) is 2.87. The molecule has 3 N–H and O–H groups in total. The van der Waals surface area contributed by atoms with Crippen LogP contribution >= 0.6 is 0 Å². The Morgan fingerprint density at radius 1 is 1.39 bits per heavy atom. The highest BCUT2D eigenvalue weighted by atomic mass is 16.6. The lowest BCUT2D eigenvalue weighted by Crippen LogP contribution is -2.32. The number of amides is 1. The fraction of sp³-hybridized carbons (Fsp3) is 0.462. The van der Waals surface area contributed by atoms with Crippen LogP contribution in [-0.2, 0) is 11.3 Å². The van der Waals surface area contributed by atoms with E-state index in [-0.39, 0.29) is 11.8 Å². The van der Waals surface area contributed by atoms with E-state index >= 15 is 0 Å². The molecule has 18 heavy (non-hydrogen) atoms. The number of fused-ring (bicyclic) bond motifs is 1. The van der Waals surface area contributed by atoms with Crippen molar-refractivity contribution in [2.24, 2.45) is 11.7 Å². The SMILES string of the molecule is CC(CN)C(=O)NCc1ccc2c(c1)OCCO2. The smallest absolute Gasteiger partial charge is 0.224 e. The molecule has 0 saturated heterocycles. The summed E-state index contributed by atoms with van der Waals surface area (Å²) in [6.07, 6.45) is 0. The maximum absolute atomic E-state index is 11.6. The summed E-state index contributed by atoms with van der Waals surface area (Å²) < 4.78 is 10.9. The predicted molar refractivity (Wildman–Crippen MR) is 67.5 cm³/mol. The number of nitrogens with two attached hydrogens (primary N) is 1. The number of hydrogen-bond acceptors (Lipinski definition) is 4. The maximum Gasteiger partial charge on any atom is 0.224 e. The molecule has 0 saturated carbocycles. The van der Waals surface area contributed by atoms with Crippen LogP contribution in [0.25, 0.3) is 0 Å². The van der Waals surface area contributed by atoms with E-state index in [1.54, 1.807) is 6.92 Å². The van der Waals surface area contributed by atoms with E-state index in [1.165, 1.54) is 0 Å². The van der Waals surface area contributed by atoms with Crippen molar-refractivity contribution in [3.8, 4) is 11.5 Å². The van der Waals surface area contributed by atoms with E-state index in [9.17, 15) is 4.79 Å². The van der Waals surface area contributed by atoms with Gasteiger partial charge in [-0.2, -0.15) is 0 Å². The first-order valence-electron chi connectivity index (χ1n) is 6.07. The summed E-state index contributed by atoms with van der Waals surface area (Å²) in [6, 6.07) is 5.67. The van der Waals surface area contributed by atoms with E-state index in [4.69, 9.17) is 15.2 Å². The van der Waals surface area contributed by atoms with Crippen LogP contribution in [0.1, 0.15) is 12.5 Å². The van der Waals surface area contributed by atoms with E-state index in [0.29, 0.717) is 26.3 Å². The zero-order valence-corrected chi connectivity index (χ0v) is 10.4. The Morgan fingerprint density at radius 2 is 2.11 bits per heavy atom. The summed E-state index contributed by atoms with van der Waals surface area (Å²) in [6.45, 7) is 3.77. The van der Waals surface area contributed by atoms with Crippen LogP contribution in [0, 0.1) is 5.92 Å². The Labute approximate surface area is 106 Å². The van der Waals surface area contributed by atoms with E-state index < -0.39 is 0 Å². The third-order valence-electron chi connectivity index (χ3n) is 2.87. The van der Waals surface area contributed by atoms with E-state index in [1.807, 2.05) is 18.2 Å². The molecule has 0 aromatic heterocycles. The third kappa shape index (κ3) is 2.92. The van der Waals surface area contributed by atoms with Gasteiger partial charge in [0.1, 0.15) is 13.2 Å². The molecule has 0 spiro atoms. The number of hydrogen-bond donors (Lipinski definition) is 2. The molecule has 0 fully saturated rings. The van der Waals surface area contributed by atoms with Gasteiger partial charge in [0.15, 0.2) is 11.5 Å². The molecule has 1 aliphatic heterocycles. The highest BCUT2D eigenvalue weighted by molar-refractivity contribution is 5.78. The molecular weight excluding hydrogens is 232 g/mol. The fourth-order valence-corrected chi connectivity index (χ4v) is 1.67. The Kier molecular flexibility index (Phi) is 4.04. The predicted octanol–water partition coefficient (Wildman–Crippen LogP) is 0.669. The number of benzene rings is 1. The minimum atomic E-state index is -0.165. The van der Waals surface area contributed by atoms with Crippen molar-refractivity contribution in [1.82, 2.24) is 5.32 Å². The van der Waals surface area contributed by atoms with Crippen LogP contribution in [0.3, 0.4) is 0 Å². The first-order valence-corrected chi connectivity index (χ1v) is 6.07. The van der Waals surface area contributed by atoms with E-state index in [0.717, 1.165) is 17.1 Å². The van der Waals surface area contributed by atoms with Crippen molar-refractivity contribution in [2.75, 3.05) is 19.8 Å². The maximum atomic E-state index is 11.6. The number of rotatable bonds is 4. The molecule has 1 aliphatic rings. The van der Waals surface area contributed by atoms with Gasteiger partial charge < -0.3 is 20.5 Å². The van der Waals surface area contributed by atoms with Gasteiger partial charge in [-0.05, 0) is 17.7 Å². The standard InChI is InChI=1S/C13H18N2O3/c1-9(7-14)13(16)15-8-10-2-3-11-12(6-10)18-5-4-17-11/h2-3,6,9H,4-5,7-8,14H2,1H3,(H,15,16). The molecule has 98 valence electrons. The molecule has 1 atom stereocenters. The second-order valence-electron chi connectivity index (χ2n) is 4.33. The summed E-state index contributed by atoms with van der Waals surface area (Å²) in [5.74, 6) is 1.29. The molecule has 1 aromatic rings. The Bertz CT molecular complexity index is 434. The van der Waals surface area contributed by atoms with Gasteiger partial charge in [0.05, 0.1) is 0 Å². The van der Waals surface area contributed by atoms with Crippen molar-refractivity contribution < 1.29 is 14.3 Å². The van der Waals surface area contributed by atoms with E-state index in [2.05, 4.69) is 5.32 Å². The summed E-state index contributed by atoms with van der Waals surface area (Å²) in [4.78, 5) is 11.6. The molecule has 1 amide bonds. The van der Waals surface area contributed by atoms with Crippen molar-refractivity contribution in [1.29, 1.82) is 0 Å². The second kappa shape index (κ2) is 5.73. The summed E-state index contributed by atoms with van der Waals surface area (Å²) in [5, 5.41) is 2.84. The first-order chi connectivity index (χ1) is 8.70. The van der Waals surface area contributed by atoms with Gasteiger partial charge in [0.2, 0.25) is 5.91 Å². The van der Waals surface area contributed by atoms with Crippen molar-refractivity contribution in [2.45, 2.75) is 13.5 Å². The highest BCUT2D eigenvalue weighted by Crippen LogP contribution is 2.30. The van der Waals surface area contributed by atoms with Gasteiger partial charge in [0, 0.05) is 19.0 Å². The normalized spacial score (nSPS) is 15.0.